The Bertz CT molecular complexity index is 571. The van der Waals surface area contributed by atoms with Crippen molar-refractivity contribution < 1.29 is 14.3 Å². The summed E-state index contributed by atoms with van der Waals surface area (Å²) in [6, 6.07) is 0. The predicted molar refractivity (Wildman–Crippen MR) is 96.4 cm³/mol. The molecule has 8 nitrogen and oxygen atoms in total. The first kappa shape index (κ1) is 18.8. The van der Waals surface area contributed by atoms with E-state index in [1.807, 2.05) is 15.7 Å². The van der Waals surface area contributed by atoms with Gasteiger partial charge in [-0.15, -0.1) is 0 Å². The molecule has 2 aliphatic heterocycles. The molecule has 144 valence electrons. The van der Waals surface area contributed by atoms with Gasteiger partial charge in [0.05, 0.1) is 25.5 Å². The predicted octanol–water partition coefficient (Wildman–Crippen LogP) is -0.0398. The van der Waals surface area contributed by atoms with Gasteiger partial charge in [0.15, 0.2) is 0 Å². The lowest BCUT2D eigenvalue weighted by molar-refractivity contribution is -0.138. The Hall–Kier alpha value is -1.93. The molecule has 0 saturated carbocycles. The Morgan fingerprint density at radius 1 is 1.27 bits per heavy atom. The summed E-state index contributed by atoms with van der Waals surface area (Å²) in [7, 11) is 0. The van der Waals surface area contributed by atoms with Gasteiger partial charge >= 0.3 is 0 Å². The normalized spacial score (nSPS) is 21.8. The van der Waals surface area contributed by atoms with E-state index in [4.69, 9.17) is 4.74 Å². The fourth-order valence-corrected chi connectivity index (χ4v) is 3.53. The van der Waals surface area contributed by atoms with Crippen molar-refractivity contribution in [2.75, 3.05) is 52.5 Å². The number of likely N-dealkylation sites (tertiary alicyclic amines) is 1. The first-order chi connectivity index (χ1) is 12.7. The zero-order valence-electron chi connectivity index (χ0n) is 15.3. The number of hydrogen-bond donors (Lipinski definition) is 1. The molecule has 1 aromatic heterocycles. The number of nitrogens with zero attached hydrogens (tertiary/aromatic N) is 4. The highest BCUT2D eigenvalue weighted by Crippen LogP contribution is 2.18. The molecular weight excluding hydrogens is 334 g/mol. The maximum atomic E-state index is 12.4. The lowest BCUT2D eigenvalue weighted by Crippen LogP contribution is -2.47. The topological polar surface area (TPSA) is 79.7 Å². The number of nitrogens with one attached hydrogen (secondary N) is 1. The minimum Gasteiger partial charge on any atom is -0.379 e. The van der Waals surface area contributed by atoms with Crippen LogP contribution in [0, 0.1) is 5.92 Å². The highest BCUT2D eigenvalue weighted by molar-refractivity contribution is 5.83. The standard InChI is InChI=1S/C18H29N5O3/c24-17-3-2-16(18(25)20-5-9-22-8-4-19-15-22)14-23(17)7-1-6-21-10-12-26-13-11-21/h4,8,15-16H,1-3,5-7,9-14H2,(H,20,25)/t16-/m0/s1. The summed E-state index contributed by atoms with van der Waals surface area (Å²) in [5.41, 5.74) is 0. The molecule has 0 aliphatic carbocycles. The molecule has 0 spiro atoms. The number of piperidine rings is 1. The fourth-order valence-electron chi connectivity index (χ4n) is 3.53. The molecule has 26 heavy (non-hydrogen) atoms. The van der Waals surface area contributed by atoms with Crippen molar-refractivity contribution in [3.63, 3.8) is 0 Å². The van der Waals surface area contributed by atoms with Crippen molar-refractivity contribution in [2.24, 2.45) is 5.92 Å². The molecule has 2 amide bonds. The van der Waals surface area contributed by atoms with E-state index in [0.29, 0.717) is 32.5 Å². The first-order valence-electron chi connectivity index (χ1n) is 9.53. The van der Waals surface area contributed by atoms with Gasteiger partial charge in [-0.05, 0) is 12.8 Å². The number of imidazole rings is 1. The Kier molecular flexibility index (Phi) is 7.02. The second kappa shape index (κ2) is 9.68. The molecular formula is C18H29N5O3. The molecule has 3 heterocycles. The maximum absolute atomic E-state index is 12.4. The summed E-state index contributed by atoms with van der Waals surface area (Å²) in [6.45, 7) is 7.07. The van der Waals surface area contributed by atoms with E-state index in [1.165, 1.54) is 0 Å². The van der Waals surface area contributed by atoms with Crippen molar-refractivity contribution in [1.82, 2.24) is 24.7 Å². The largest absolute Gasteiger partial charge is 0.379 e. The number of carbonyl (C=O) groups is 2. The quantitative estimate of drug-likeness (QED) is 0.701. The summed E-state index contributed by atoms with van der Waals surface area (Å²) < 4.78 is 7.29. The number of rotatable bonds is 8. The minimum absolute atomic E-state index is 0.0517. The molecule has 1 N–H and O–H groups in total. The average molecular weight is 363 g/mol. The number of ether oxygens (including phenoxy) is 1. The molecule has 8 heteroatoms. The second-order valence-electron chi connectivity index (χ2n) is 6.97. The Labute approximate surface area is 154 Å². The van der Waals surface area contributed by atoms with Crippen molar-refractivity contribution in [3.8, 4) is 0 Å². The third kappa shape index (κ3) is 5.54. The van der Waals surface area contributed by atoms with Crippen LogP contribution in [-0.2, 0) is 20.9 Å². The molecule has 1 atom stereocenters. The van der Waals surface area contributed by atoms with Crippen molar-refractivity contribution in [3.05, 3.63) is 18.7 Å². The maximum Gasteiger partial charge on any atom is 0.224 e. The van der Waals surface area contributed by atoms with Gasteiger partial charge in [-0.1, -0.05) is 0 Å². The van der Waals surface area contributed by atoms with Gasteiger partial charge in [0.2, 0.25) is 11.8 Å². The third-order valence-corrected chi connectivity index (χ3v) is 5.11. The Balaban J connectivity index is 1.37. The van der Waals surface area contributed by atoms with Crippen LogP contribution in [0.3, 0.4) is 0 Å². The fraction of sp³-hybridized carbons (Fsp3) is 0.722. The van der Waals surface area contributed by atoms with Crippen LogP contribution in [0.25, 0.3) is 0 Å². The van der Waals surface area contributed by atoms with Crippen LogP contribution in [0.4, 0.5) is 0 Å². The van der Waals surface area contributed by atoms with Crippen LogP contribution in [0.15, 0.2) is 18.7 Å². The monoisotopic (exact) mass is 363 g/mol. The first-order valence-corrected chi connectivity index (χ1v) is 9.53. The van der Waals surface area contributed by atoms with E-state index in [-0.39, 0.29) is 17.7 Å². The SMILES string of the molecule is O=C(NCCn1ccnc1)[C@H]1CCC(=O)N(CCCN2CCOCC2)C1. The summed E-state index contributed by atoms with van der Waals surface area (Å²) in [4.78, 5) is 32.8. The summed E-state index contributed by atoms with van der Waals surface area (Å²) >= 11 is 0. The van der Waals surface area contributed by atoms with Crippen LogP contribution in [0.5, 0.6) is 0 Å². The van der Waals surface area contributed by atoms with E-state index in [1.54, 1.807) is 12.5 Å². The van der Waals surface area contributed by atoms with Gasteiger partial charge in [-0.3, -0.25) is 14.5 Å². The van der Waals surface area contributed by atoms with Gasteiger partial charge in [-0.25, -0.2) is 4.98 Å². The number of morpholine rings is 1. The van der Waals surface area contributed by atoms with E-state index >= 15 is 0 Å². The van der Waals surface area contributed by atoms with Gasteiger partial charge < -0.3 is 19.5 Å². The average Bonchev–Trinajstić information content (AvgIpc) is 3.17. The van der Waals surface area contributed by atoms with Crippen molar-refractivity contribution in [2.45, 2.75) is 25.8 Å². The highest BCUT2D eigenvalue weighted by atomic mass is 16.5. The Morgan fingerprint density at radius 2 is 2.12 bits per heavy atom. The molecule has 2 saturated heterocycles. The van der Waals surface area contributed by atoms with Crippen LogP contribution >= 0.6 is 0 Å². The van der Waals surface area contributed by atoms with Gasteiger partial charge in [0.25, 0.3) is 0 Å². The molecule has 1 aromatic rings. The van der Waals surface area contributed by atoms with E-state index in [9.17, 15) is 9.59 Å². The zero-order chi connectivity index (χ0) is 18.2. The minimum atomic E-state index is -0.0983. The van der Waals surface area contributed by atoms with Crippen LogP contribution in [0.1, 0.15) is 19.3 Å². The van der Waals surface area contributed by atoms with Crippen molar-refractivity contribution >= 4 is 11.8 Å². The molecule has 2 aliphatic rings. The lowest BCUT2D eigenvalue weighted by Gasteiger charge is -2.33. The number of carbonyl (C=O) groups excluding carboxylic acids is 2. The van der Waals surface area contributed by atoms with E-state index in [2.05, 4.69) is 15.2 Å². The molecule has 0 bridgehead atoms. The van der Waals surface area contributed by atoms with Crippen molar-refractivity contribution in [1.29, 1.82) is 0 Å². The van der Waals surface area contributed by atoms with Crippen LogP contribution < -0.4 is 5.32 Å². The van der Waals surface area contributed by atoms with Crippen LogP contribution in [0.2, 0.25) is 0 Å². The summed E-state index contributed by atoms with van der Waals surface area (Å²) in [5.74, 6) is 0.129. The van der Waals surface area contributed by atoms with E-state index in [0.717, 1.165) is 45.8 Å². The van der Waals surface area contributed by atoms with Gasteiger partial charge in [0, 0.05) is 64.6 Å². The summed E-state index contributed by atoms with van der Waals surface area (Å²) in [5, 5.41) is 2.99. The van der Waals surface area contributed by atoms with Gasteiger partial charge in [0.1, 0.15) is 0 Å². The van der Waals surface area contributed by atoms with Crippen LogP contribution in [-0.4, -0.2) is 83.6 Å². The van der Waals surface area contributed by atoms with E-state index < -0.39 is 0 Å². The second-order valence-corrected chi connectivity index (χ2v) is 6.97. The molecule has 2 fully saturated rings. The molecule has 0 radical (unpaired) electrons. The van der Waals surface area contributed by atoms with Gasteiger partial charge in [-0.2, -0.15) is 0 Å². The summed E-state index contributed by atoms with van der Waals surface area (Å²) in [6.07, 6.45) is 7.40. The lowest BCUT2D eigenvalue weighted by atomic mass is 9.96. The zero-order valence-corrected chi connectivity index (χ0v) is 15.3. The number of aromatic nitrogens is 2. The smallest absolute Gasteiger partial charge is 0.224 e. The highest BCUT2D eigenvalue weighted by Gasteiger charge is 2.29. The number of amides is 2. The Morgan fingerprint density at radius 3 is 2.88 bits per heavy atom. The molecule has 0 aromatic carbocycles. The molecule has 0 unspecified atom stereocenters. The molecule has 3 rings (SSSR count). The third-order valence-electron chi connectivity index (χ3n) is 5.11. The number of hydrogen-bond acceptors (Lipinski definition) is 5.